The highest BCUT2D eigenvalue weighted by atomic mass is 32.1. The summed E-state index contributed by atoms with van der Waals surface area (Å²) in [6.07, 6.45) is 5.17. The summed E-state index contributed by atoms with van der Waals surface area (Å²) in [7, 11) is 0. The van der Waals surface area contributed by atoms with Crippen LogP contribution < -0.4 is 4.90 Å². The molecule has 7 heteroatoms. The van der Waals surface area contributed by atoms with E-state index in [4.69, 9.17) is 0 Å². The predicted molar refractivity (Wildman–Crippen MR) is 96.7 cm³/mol. The van der Waals surface area contributed by atoms with Gasteiger partial charge in [0.2, 0.25) is 0 Å². The molecule has 4 rings (SSSR count). The zero-order valence-electron chi connectivity index (χ0n) is 14.0. The van der Waals surface area contributed by atoms with E-state index in [1.165, 1.54) is 0 Å². The van der Waals surface area contributed by atoms with Crippen LogP contribution in [0.4, 0.5) is 5.82 Å². The summed E-state index contributed by atoms with van der Waals surface area (Å²) >= 11 is 1.55. The Kier molecular flexibility index (Phi) is 4.43. The lowest BCUT2D eigenvalue weighted by molar-refractivity contribution is 0.0416. The van der Waals surface area contributed by atoms with E-state index in [1.54, 1.807) is 23.9 Å². The maximum atomic E-state index is 12.6. The van der Waals surface area contributed by atoms with Crippen molar-refractivity contribution in [2.24, 2.45) is 11.3 Å². The first kappa shape index (κ1) is 16.5. The van der Waals surface area contributed by atoms with Crippen molar-refractivity contribution in [1.29, 1.82) is 0 Å². The minimum atomic E-state index is 0.0606. The molecule has 25 heavy (non-hydrogen) atoms. The molecular weight excluding hydrogens is 336 g/mol. The van der Waals surface area contributed by atoms with Crippen LogP contribution in [0.2, 0.25) is 0 Å². The highest BCUT2D eigenvalue weighted by Gasteiger charge is 2.48. The molecule has 1 amide bonds. The van der Waals surface area contributed by atoms with Crippen LogP contribution >= 0.6 is 11.3 Å². The van der Waals surface area contributed by atoms with Crippen molar-refractivity contribution in [3.63, 3.8) is 0 Å². The molecule has 2 aliphatic rings. The summed E-state index contributed by atoms with van der Waals surface area (Å²) in [6, 6.07) is 3.81. The number of likely N-dealkylation sites (tertiary alicyclic amines) is 1. The van der Waals surface area contributed by atoms with Gasteiger partial charge < -0.3 is 14.9 Å². The molecule has 2 fully saturated rings. The summed E-state index contributed by atoms with van der Waals surface area (Å²) in [6.45, 7) is 3.38. The monoisotopic (exact) mass is 358 g/mol. The van der Waals surface area contributed by atoms with Gasteiger partial charge in [0, 0.05) is 50.3 Å². The van der Waals surface area contributed by atoms with Crippen molar-refractivity contribution in [1.82, 2.24) is 14.9 Å². The molecule has 0 aromatic carbocycles. The number of thiophene rings is 1. The lowest BCUT2D eigenvalue weighted by atomic mass is 9.71. The van der Waals surface area contributed by atoms with Gasteiger partial charge in [0.15, 0.2) is 0 Å². The average molecular weight is 358 g/mol. The Labute approximate surface area is 151 Å². The maximum absolute atomic E-state index is 12.6. The number of aromatic nitrogens is 2. The van der Waals surface area contributed by atoms with Gasteiger partial charge in [0.05, 0.1) is 5.56 Å². The number of anilines is 1. The number of aliphatic hydroxyl groups is 1. The second-order valence-electron chi connectivity index (χ2n) is 6.99. The van der Waals surface area contributed by atoms with Crippen LogP contribution in [-0.4, -0.2) is 58.7 Å². The molecule has 2 aromatic heterocycles. The van der Waals surface area contributed by atoms with Crippen LogP contribution in [0.15, 0.2) is 35.4 Å². The second kappa shape index (κ2) is 6.72. The van der Waals surface area contributed by atoms with Crippen LogP contribution in [0, 0.1) is 11.3 Å². The SMILES string of the molecule is O=C(c1ccsc1)N1CCC2(CC1)CN(c1ccncn1)CC2CO. The molecule has 1 atom stereocenters. The number of piperidine rings is 1. The molecule has 2 aromatic rings. The quantitative estimate of drug-likeness (QED) is 0.907. The largest absolute Gasteiger partial charge is 0.396 e. The van der Waals surface area contributed by atoms with E-state index < -0.39 is 0 Å². The van der Waals surface area contributed by atoms with Gasteiger partial charge in [-0.05, 0) is 35.8 Å². The van der Waals surface area contributed by atoms with Gasteiger partial charge in [-0.3, -0.25) is 4.79 Å². The first-order valence-corrected chi connectivity index (χ1v) is 9.59. The van der Waals surface area contributed by atoms with Crippen molar-refractivity contribution in [3.05, 3.63) is 41.0 Å². The van der Waals surface area contributed by atoms with Crippen molar-refractivity contribution < 1.29 is 9.90 Å². The molecule has 2 aliphatic heterocycles. The summed E-state index contributed by atoms with van der Waals surface area (Å²) < 4.78 is 0. The first-order chi connectivity index (χ1) is 12.2. The summed E-state index contributed by atoms with van der Waals surface area (Å²) in [5.74, 6) is 1.27. The number of nitrogens with zero attached hydrogens (tertiary/aromatic N) is 4. The molecule has 1 spiro atoms. The van der Waals surface area contributed by atoms with E-state index in [1.807, 2.05) is 27.8 Å². The molecule has 0 aliphatic carbocycles. The number of hydrogen-bond donors (Lipinski definition) is 1. The fourth-order valence-electron chi connectivity index (χ4n) is 4.22. The molecule has 1 N–H and O–H groups in total. The third-order valence-corrected chi connectivity index (χ3v) is 6.42. The predicted octanol–water partition coefficient (Wildman–Crippen LogP) is 1.89. The van der Waals surface area contributed by atoms with Crippen molar-refractivity contribution in [3.8, 4) is 0 Å². The number of carbonyl (C=O) groups excluding carboxylic acids is 1. The second-order valence-corrected chi connectivity index (χ2v) is 7.77. The molecular formula is C18H22N4O2S. The number of amides is 1. The lowest BCUT2D eigenvalue weighted by Crippen LogP contribution is -2.47. The molecule has 2 saturated heterocycles. The van der Waals surface area contributed by atoms with E-state index in [-0.39, 0.29) is 23.8 Å². The lowest BCUT2D eigenvalue weighted by Gasteiger charge is -2.42. The Morgan fingerprint density at radius 2 is 2.20 bits per heavy atom. The summed E-state index contributed by atoms with van der Waals surface area (Å²) in [4.78, 5) is 25.1. The Hall–Kier alpha value is -1.99. The van der Waals surface area contributed by atoms with Crippen LogP contribution in [0.5, 0.6) is 0 Å². The van der Waals surface area contributed by atoms with Gasteiger partial charge in [-0.1, -0.05) is 0 Å². The molecule has 0 radical (unpaired) electrons. The minimum absolute atomic E-state index is 0.0606. The standard InChI is InChI=1S/C18H22N4O2S/c23-10-15-9-22(16-1-5-19-13-20-16)12-18(15)3-6-21(7-4-18)17(24)14-2-8-25-11-14/h1-2,5,8,11,13,15,23H,3-4,6-7,9-10,12H2. The molecule has 6 nitrogen and oxygen atoms in total. The Balaban J connectivity index is 1.46. The van der Waals surface area contributed by atoms with E-state index in [2.05, 4.69) is 14.9 Å². The topological polar surface area (TPSA) is 69.6 Å². The number of aliphatic hydroxyl groups excluding tert-OH is 1. The zero-order valence-corrected chi connectivity index (χ0v) is 14.9. The van der Waals surface area contributed by atoms with E-state index in [9.17, 15) is 9.90 Å². The Morgan fingerprint density at radius 1 is 1.36 bits per heavy atom. The van der Waals surface area contributed by atoms with E-state index in [0.717, 1.165) is 50.4 Å². The highest BCUT2D eigenvalue weighted by molar-refractivity contribution is 7.08. The summed E-state index contributed by atoms with van der Waals surface area (Å²) in [5.41, 5.74) is 0.846. The average Bonchev–Trinajstić information content (AvgIpc) is 3.31. The molecule has 4 heterocycles. The number of hydrogen-bond acceptors (Lipinski definition) is 6. The van der Waals surface area contributed by atoms with Crippen molar-refractivity contribution in [2.75, 3.05) is 37.7 Å². The van der Waals surface area contributed by atoms with Gasteiger partial charge in [-0.15, -0.1) is 0 Å². The number of rotatable bonds is 3. The Morgan fingerprint density at radius 3 is 2.84 bits per heavy atom. The molecule has 0 bridgehead atoms. The van der Waals surface area contributed by atoms with E-state index >= 15 is 0 Å². The molecule has 0 saturated carbocycles. The van der Waals surface area contributed by atoms with Gasteiger partial charge >= 0.3 is 0 Å². The van der Waals surface area contributed by atoms with Gasteiger partial charge in [-0.25, -0.2) is 9.97 Å². The Bertz CT molecular complexity index is 714. The van der Waals surface area contributed by atoms with E-state index in [0.29, 0.717) is 0 Å². The summed E-state index contributed by atoms with van der Waals surface area (Å²) in [5, 5.41) is 13.8. The highest BCUT2D eigenvalue weighted by Crippen LogP contribution is 2.45. The van der Waals surface area contributed by atoms with Crippen LogP contribution in [0.3, 0.4) is 0 Å². The fourth-order valence-corrected chi connectivity index (χ4v) is 4.85. The third kappa shape index (κ3) is 3.02. The molecule has 132 valence electrons. The number of carbonyl (C=O) groups is 1. The fraction of sp³-hybridized carbons (Fsp3) is 0.500. The van der Waals surface area contributed by atoms with Crippen molar-refractivity contribution in [2.45, 2.75) is 12.8 Å². The van der Waals surface area contributed by atoms with Crippen molar-refractivity contribution >= 4 is 23.1 Å². The third-order valence-electron chi connectivity index (χ3n) is 5.74. The van der Waals surface area contributed by atoms with Crippen LogP contribution in [-0.2, 0) is 0 Å². The van der Waals surface area contributed by atoms with Gasteiger partial charge in [0.1, 0.15) is 12.1 Å². The zero-order chi connectivity index (χ0) is 17.3. The normalized spacial score (nSPS) is 22.5. The maximum Gasteiger partial charge on any atom is 0.254 e. The van der Waals surface area contributed by atoms with Gasteiger partial charge in [0.25, 0.3) is 5.91 Å². The van der Waals surface area contributed by atoms with Crippen LogP contribution in [0.25, 0.3) is 0 Å². The molecule has 1 unspecified atom stereocenters. The first-order valence-electron chi connectivity index (χ1n) is 8.65. The van der Waals surface area contributed by atoms with Crippen LogP contribution in [0.1, 0.15) is 23.2 Å². The minimum Gasteiger partial charge on any atom is -0.396 e. The van der Waals surface area contributed by atoms with Gasteiger partial charge in [-0.2, -0.15) is 11.3 Å². The smallest absolute Gasteiger partial charge is 0.254 e.